The van der Waals surface area contributed by atoms with Crippen LogP contribution in [0.1, 0.15) is 31.5 Å². The van der Waals surface area contributed by atoms with Gasteiger partial charge in [-0.05, 0) is 25.0 Å². The lowest BCUT2D eigenvalue weighted by atomic mass is 10.2. The van der Waals surface area contributed by atoms with E-state index in [-0.39, 0.29) is 5.91 Å². The minimum atomic E-state index is 0.194. The molecule has 1 amide bonds. The summed E-state index contributed by atoms with van der Waals surface area (Å²) < 4.78 is 1.75. The molecule has 1 saturated heterocycles. The highest BCUT2D eigenvalue weighted by Gasteiger charge is 2.21. The Hall–Kier alpha value is -3.02. The highest BCUT2D eigenvalue weighted by Crippen LogP contribution is 2.20. The molecule has 4 rings (SSSR count). The van der Waals surface area contributed by atoms with Crippen LogP contribution in [0.2, 0.25) is 0 Å². The van der Waals surface area contributed by atoms with Crippen LogP contribution >= 0.6 is 0 Å². The first-order valence-electron chi connectivity index (χ1n) is 9.02. The van der Waals surface area contributed by atoms with Crippen molar-refractivity contribution in [1.82, 2.24) is 24.6 Å². The SMILES string of the molecule is O=C1CCCCCN1Cc1nc(-c2ccccc2)nn1-c1ccccn1. The summed E-state index contributed by atoms with van der Waals surface area (Å²) in [6.45, 7) is 1.23. The van der Waals surface area contributed by atoms with E-state index in [4.69, 9.17) is 4.98 Å². The summed E-state index contributed by atoms with van der Waals surface area (Å²) >= 11 is 0. The van der Waals surface area contributed by atoms with E-state index in [9.17, 15) is 4.79 Å². The lowest BCUT2D eigenvalue weighted by molar-refractivity contribution is -0.131. The first-order valence-corrected chi connectivity index (χ1v) is 9.02. The van der Waals surface area contributed by atoms with Gasteiger partial charge in [0.1, 0.15) is 0 Å². The molecule has 0 bridgehead atoms. The number of hydrogen-bond donors (Lipinski definition) is 0. The van der Waals surface area contributed by atoms with Gasteiger partial charge in [0.2, 0.25) is 5.91 Å². The molecule has 132 valence electrons. The molecule has 1 aliphatic heterocycles. The fraction of sp³-hybridized carbons (Fsp3) is 0.300. The summed E-state index contributed by atoms with van der Waals surface area (Å²) in [4.78, 5) is 23.4. The molecule has 0 aliphatic carbocycles. The molecule has 0 N–H and O–H groups in total. The zero-order valence-corrected chi connectivity index (χ0v) is 14.6. The van der Waals surface area contributed by atoms with Crippen LogP contribution in [-0.2, 0) is 11.3 Å². The summed E-state index contributed by atoms with van der Waals surface area (Å²) in [7, 11) is 0. The van der Waals surface area contributed by atoms with Gasteiger partial charge in [-0.15, -0.1) is 5.10 Å². The summed E-state index contributed by atoms with van der Waals surface area (Å²) in [5.41, 5.74) is 0.950. The molecule has 6 nitrogen and oxygen atoms in total. The van der Waals surface area contributed by atoms with Crippen LogP contribution in [0.4, 0.5) is 0 Å². The first-order chi connectivity index (χ1) is 12.8. The molecular formula is C20H21N5O. The third kappa shape index (κ3) is 3.49. The van der Waals surface area contributed by atoms with Gasteiger partial charge >= 0.3 is 0 Å². The molecule has 3 aromatic rings. The lowest BCUT2D eigenvalue weighted by Gasteiger charge is -2.19. The van der Waals surface area contributed by atoms with Crippen LogP contribution in [0.25, 0.3) is 17.2 Å². The van der Waals surface area contributed by atoms with Gasteiger partial charge in [-0.2, -0.15) is 4.68 Å². The molecule has 26 heavy (non-hydrogen) atoms. The molecule has 0 spiro atoms. The van der Waals surface area contributed by atoms with Gasteiger partial charge < -0.3 is 4.90 Å². The van der Waals surface area contributed by atoms with E-state index in [0.29, 0.717) is 24.6 Å². The largest absolute Gasteiger partial charge is 0.335 e. The summed E-state index contributed by atoms with van der Waals surface area (Å²) in [5, 5.41) is 4.67. The Morgan fingerprint density at radius 2 is 1.81 bits per heavy atom. The number of carbonyl (C=O) groups excluding carboxylic acids is 1. The molecule has 0 unspecified atom stereocenters. The van der Waals surface area contributed by atoms with Crippen molar-refractivity contribution in [3.8, 4) is 17.2 Å². The number of aromatic nitrogens is 4. The average molecular weight is 347 g/mol. The van der Waals surface area contributed by atoms with Crippen LogP contribution in [-0.4, -0.2) is 37.1 Å². The maximum absolute atomic E-state index is 12.4. The molecule has 3 heterocycles. The lowest BCUT2D eigenvalue weighted by Crippen LogP contribution is -2.31. The zero-order valence-electron chi connectivity index (χ0n) is 14.6. The average Bonchev–Trinajstić information content (AvgIpc) is 3.01. The van der Waals surface area contributed by atoms with Crippen molar-refractivity contribution in [2.24, 2.45) is 0 Å². The van der Waals surface area contributed by atoms with Gasteiger partial charge in [-0.25, -0.2) is 9.97 Å². The Kier molecular flexibility index (Phi) is 4.73. The van der Waals surface area contributed by atoms with Crippen LogP contribution in [0.15, 0.2) is 54.7 Å². The predicted octanol–water partition coefficient (Wildman–Crippen LogP) is 3.23. The third-order valence-electron chi connectivity index (χ3n) is 4.58. The third-order valence-corrected chi connectivity index (χ3v) is 4.58. The second-order valence-electron chi connectivity index (χ2n) is 6.44. The minimum absolute atomic E-state index is 0.194. The maximum Gasteiger partial charge on any atom is 0.222 e. The number of likely N-dealkylation sites (tertiary alicyclic amines) is 1. The van der Waals surface area contributed by atoms with E-state index < -0.39 is 0 Å². The topological polar surface area (TPSA) is 63.9 Å². The first kappa shape index (κ1) is 16.4. The smallest absolute Gasteiger partial charge is 0.222 e. The van der Waals surface area contributed by atoms with E-state index >= 15 is 0 Å². The standard InChI is InChI=1S/C20H21N5O/c26-19-12-5-2-8-14-24(19)15-18-22-20(16-9-3-1-4-10-16)23-25(18)17-11-6-7-13-21-17/h1,3-4,6-7,9-11,13H,2,5,8,12,14-15H2. The van der Waals surface area contributed by atoms with Crippen molar-refractivity contribution < 1.29 is 4.79 Å². The molecule has 1 aromatic carbocycles. The molecule has 2 aromatic heterocycles. The van der Waals surface area contributed by atoms with Crippen molar-refractivity contribution in [2.75, 3.05) is 6.54 Å². The number of hydrogen-bond acceptors (Lipinski definition) is 4. The Labute approximate surface area is 152 Å². The second-order valence-corrected chi connectivity index (χ2v) is 6.44. The molecular weight excluding hydrogens is 326 g/mol. The predicted molar refractivity (Wildman–Crippen MR) is 98.5 cm³/mol. The van der Waals surface area contributed by atoms with Crippen LogP contribution < -0.4 is 0 Å². The Bertz CT molecular complexity index is 876. The molecule has 1 fully saturated rings. The monoisotopic (exact) mass is 347 g/mol. The number of rotatable bonds is 4. The number of amides is 1. The Balaban J connectivity index is 1.72. The molecule has 6 heteroatoms. The van der Waals surface area contributed by atoms with Gasteiger partial charge in [0.15, 0.2) is 17.5 Å². The van der Waals surface area contributed by atoms with Crippen molar-refractivity contribution in [3.63, 3.8) is 0 Å². The van der Waals surface area contributed by atoms with Crippen molar-refractivity contribution in [2.45, 2.75) is 32.2 Å². The number of nitrogens with zero attached hydrogens (tertiary/aromatic N) is 5. The van der Waals surface area contributed by atoms with Crippen molar-refractivity contribution in [1.29, 1.82) is 0 Å². The number of carbonyl (C=O) groups is 1. The Morgan fingerprint density at radius 1 is 0.962 bits per heavy atom. The van der Waals surface area contributed by atoms with Crippen LogP contribution in [0.3, 0.4) is 0 Å². The van der Waals surface area contributed by atoms with Crippen molar-refractivity contribution >= 4 is 5.91 Å². The normalized spacial score (nSPS) is 15.1. The fourth-order valence-corrected chi connectivity index (χ4v) is 3.20. The maximum atomic E-state index is 12.4. The molecule has 0 saturated carbocycles. The Morgan fingerprint density at radius 3 is 2.62 bits per heavy atom. The van der Waals surface area contributed by atoms with Gasteiger partial charge in [0.25, 0.3) is 0 Å². The number of pyridine rings is 1. The fourth-order valence-electron chi connectivity index (χ4n) is 3.20. The summed E-state index contributed by atoms with van der Waals surface area (Å²) in [6, 6.07) is 15.6. The van der Waals surface area contributed by atoms with E-state index in [2.05, 4.69) is 10.1 Å². The zero-order chi connectivity index (χ0) is 17.8. The van der Waals surface area contributed by atoms with Gasteiger partial charge in [-0.3, -0.25) is 4.79 Å². The number of benzene rings is 1. The van der Waals surface area contributed by atoms with Gasteiger partial charge in [0.05, 0.1) is 6.54 Å². The molecule has 0 atom stereocenters. The van der Waals surface area contributed by atoms with Gasteiger partial charge in [-0.1, -0.05) is 42.8 Å². The highest BCUT2D eigenvalue weighted by molar-refractivity contribution is 5.76. The molecule has 1 aliphatic rings. The summed E-state index contributed by atoms with van der Waals surface area (Å²) in [6.07, 6.45) is 5.46. The van der Waals surface area contributed by atoms with E-state index in [1.165, 1.54) is 0 Å². The van der Waals surface area contributed by atoms with E-state index in [1.54, 1.807) is 10.9 Å². The molecule has 0 radical (unpaired) electrons. The van der Waals surface area contributed by atoms with E-state index in [0.717, 1.165) is 37.2 Å². The second kappa shape index (κ2) is 7.47. The minimum Gasteiger partial charge on any atom is -0.335 e. The highest BCUT2D eigenvalue weighted by atomic mass is 16.2. The van der Waals surface area contributed by atoms with Crippen LogP contribution in [0.5, 0.6) is 0 Å². The van der Waals surface area contributed by atoms with Crippen molar-refractivity contribution in [3.05, 3.63) is 60.6 Å². The van der Waals surface area contributed by atoms with E-state index in [1.807, 2.05) is 53.4 Å². The summed E-state index contributed by atoms with van der Waals surface area (Å²) in [5.74, 6) is 2.28. The quantitative estimate of drug-likeness (QED) is 0.727. The van der Waals surface area contributed by atoms with Gasteiger partial charge in [0, 0.05) is 24.7 Å². The van der Waals surface area contributed by atoms with Crippen LogP contribution in [0, 0.1) is 0 Å².